The molecule has 8 heteroatoms. The second-order valence-corrected chi connectivity index (χ2v) is 3.49. The fourth-order valence-corrected chi connectivity index (χ4v) is 1.37. The minimum Gasteiger partial charge on any atom is -0.396 e. The maximum absolute atomic E-state index is 11.6. The van der Waals surface area contributed by atoms with Gasteiger partial charge in [0.2, 0.25) is 0 Å². The Morgan fingerprint density at radius 3 is 2.94 bits per heavy atom. The zero-order valence-corrected chi connectivity index (χ0v) is 9.10. The van der Waals surface area contributed by atoms with Gasteiger partial charge in [0.1, 0.15) is 17.8 Å². The summed E-state index contributed by atoms with van der Waals surface area (Å²) in [5.41, 5.74) is 6.19. The van der Waals surface area contributed by atoms with E-state index in [1.807, 2.05) is 0 Å². The molecule has 2 rings (SSSR count). The Morgan fingerprint density at radius 1 is 1.41 bits per heavy atom. The Balaban J connectivity index is 1.72. The summed E-state index contributed by atoms with van der Waals surface area (Å²) in [6.45, 7) is 0.540. The summed E-state index contributed by atoms with van der Waals surface area (Å²) in [5, 5.41) is 15.4. The van der Waals surface area contributed by atoms with Crippen molar-refractivity contribution < 1.29 is 4.79 Å². The molecule has 0 aliphatic carbocycles. The van der Waals surface area contributed by atoms with Crippen LogP contribution in [0.25, 0.3) is 0 Å². The highest BCUT2D eigenvalue weighted by molar-refractivity contribution is 5.96. The molecule has 0 bridgehead atoms. The van der Waals surface area contributed by atoms with Gasteiger partial charge < -0.3 is 11.1 Å². The molecule has 1 amide bonds. The number of hydrogen-bond donors (Lipinski definition) is 4. The molecule has 2 aromatic rings. The predicted octanol–water partition coefficient (Wildman–Crippen LogP) is -0.527. The highest BCUT2D eigenvalue weighted by Crippen LogP contribution is 2.04. The number of carbonyl (C=O) groups excluding carboxylic acids is 1. The number of nitrogens with one attached hydrogen (secondary N) is 3. The van der Waals surface area contributed by atoms with Crippen molar-refractivity contribution in [1.29, 1.82) is 0 Å². The quantitative estimate of drug-likeness (QED) is 0.518. The van der Waals surface area contributed by atoms with E-state index in [0.717, 1.165) is 18.7 Å². The first-order chi connectivity index (χ1) is 8.27. The van der Waals surface area contributed by atoms with Gasteiger partial charge >= 0.3 is 0 Å². The normalized spacial score (nSPS) is 10.4. The Bertz CT molecular complexity index is 475. The molecule has 0 aliphatic heterocycles. The van der Waals surface area contributed by atoms with Crippen LogP contribution in [0.2, 0.25) is 0 Å². The van der Waals surface area contributed by atoms with Gasteiger partial charge in [-0.05, 0) is 6.42 Å². The van der Waals surface area contributed by atoms with Crippen molar-refractivity contribution in [2.45, 2.75) is 12.8 Å². The van der Waals surface area contributed by atoms with E-state index in [1.54, 1.807) is 0 Å². The second-order valence-electron chi connectivity index (χ2n) is 3.49. The van der Waals surface area contributed by atoms with E-state index in [4.69, 9.17) is 5.73 Å². The maximum atomic E-state index is 11.6. The zero-order chi connectivity index (χ0) is 12.1. The smallest absolute Gasteiger partial charge is 0.271 e. The highest BCUT2D eigenvalue weighted by Gasteiger charge is 2.10. The fraction of sp³-hybridized carbons (Fsp3) is 0.333. The van der Waals surface area contributed by atoms with Gasteiger partial charge in [-0.3, -0.25) is 15.0 Å². The number of aryl methyl sites for hydroxylation is 1. The van der Waals surface area contributed by atoms with E-state index in [9.17, 15) is 4.79 Å². The first-order valence-corrected chi connectivity index (χ1v) is 5.18. The van der Waals surface area contributed by atoms with Crippen molar-refractivity contribution in [3.05, 3.63) is 24.0 Å². The Kier molecular flexibility index (Phi) is 3.34. The molecule has 2 aromatic heterocycles. The van der Waals surface area contributed by atoms with Gasteiger partial charge in [-0.15, -0.1) is 0 Å². The predicted molar refractivity (Wildman–Crippen MR) is 60.0 cm³/mol. The SMILES string of the molecule is Nc1cn[nH]c1C(=O)NCCCc1ncn[nH]1. The van der Waals surface area contributed by atoms with Gasteiger partial charge in [-0.25, -0.2) is 4.98 Å². The average Bonchev–Trinajstić information content (AvgIpc) is 2.95. The van der Waals surface area contributed by atoms with E-state index in [2.05, 4.69) is 30.7 Å². The zero-order valence-electron chi connectivity index (χ0n) is 9.10. The first kappa shape index (κ1) is 11.1. The lowest BCUT2D eigenvalue weighted by molar-refractivity contribution is 0.0949. The molecule has 0 unspecified atom stereocenters. The summed E-state index contributed by atoms with van der Waals surface area (Å²) < 4.78 is 0. The minimum absolute atomic E-state index is 0.252. The molecule has 0 saturated heterocycles. The molecule has 0 fully saturated rings. The number of rotatable bonds is 5. The highest BCUT2D eigenvalue weighted by atomic mass is 16.1. The molecule has 0 aromatic carbocycles. The number of H-pyrrole nitrogens is 2. The molecule has 2 heterocycles. The van der Waals surface area contributed by atoms with Crippen molar-refractivity contribution in [3.8, 4) is 0 Å². The van der Waals surface area contributed by atoms with Crippen molar-refractivity contribution in [1.82, 2.24) is 30.7 Å². The van der Waals surface area contributed by atoms with Crippen LogP contribution < -0.4 is 11.1 Å². The third kappa shape index (κ3) is 2.80. The summed E-state index contributed by atoms with van der Waals surface area (Å²) in [6, 6.07) is 0. The van der Waals surface area contributed by atoms with E-state index in [-0.39, 0.29) is 5.91 Å². The third-order valence-electron chi connectivity index (χ3n) is 2.24. The van der Waals surface area contributed by atoms with Crippen molar-refractivity contribution in [2.24, 2.45) is 0 Å². The largest absolute Gasteiger partial charge is 0.396 e. The van der Waals surface area contributed by atoms with Crippen LogP contribution in [0.15, 0.2) is 12.5 Å². The molecule has 5 N–H and O–H groups in total. The first-order valence-electron chi connectivity index (χ1n) is 5.18. The number of aromatic amines is 2. The van der Waals surface area contributed by atoms with E-state index >= 15 is 0 Å². The van der Waals surface area contributed by atoms with Crippen molar-refractivity contribution >= 4 is 11.6 Å². The summed E-state index contributed by atoms with van der Waals surface area (Å²) in [7, 11) is 0. The third-order valence-corrected chi connectivity index (χ3v) is 2.24. The van der Waals surface area contributed by atoms with Crippen LogP contribution in [0.1, 0.15) is 22.7 Å². The summed E-state index contributed by atoms with van der Waals surface area (Å²) >= 11 is 0. The standard InChI is InChI=1S/C9H13N7O/c10-6-4-13-16-8(6)9(17)11-3-1-2-7-12-5-14-15-7/h4-5H,1-3,10H2,(H,11,17)(H,13,16)(H,12,14,15). The van der Waals surface area contributed by atoms with Gasteiger partial charge in [-0.1, -0.05) is 0 Å². The molecule has 0 saturated carbocycles. The fourth-order valence-electron chi connectivity index (χ4n) is 1.37. The number of hydrogen-bond acceptors (Lipinski definition) is 5. The molecule has 0 atom stereocenters. The maximum Gasteiger partial charge on any atom is 0.271 e. The van der Waals surface area contributed by atoms with Gasteiger partial charge in [0.05, 0.1) is 11.9 Å². The lowest BCUT2D eigenvalue weighted by atomic mass is 10.3. The summed E-state index contributed by atoms with van der Waals surface area (Å²) in [5.74, 6) is 0.554. The number of anilines is 1. The topological polar surface area (TPSA) is 125 Å². The van der Waals surface area contributed by atoms with Crippen molar-refractivity contribution in [3.63, 3.8) is 0 Å². The van der Waals surface area contributed by atoms with Crippen molar-refractivity contribution in [2.75, 3.05) is 12.3 Å². The number of amides is 1. The molecule has 0 aliphatic rings. The van der Waals surface area contributed by atoms with Crippen LogP contribution in [-0.2, 0) is 6.42 Å². The molecule has 8 nitrogen and oxygen atoms in total. The Hall–Kier alpha value is -2.38. The molecule has 0 radical (unpaired) electrons. The summed E-state index contributed by atoms with van der Waals surface area (Å²) in [4.78, 5) is 15.6. The number of nitrogens with two attached hydrogens (primary N) is 1. The second kappa shape index (κ2) is 5.10. The minimum atomic E-state index is -0.252. The van der Waals surface area contributed by atoms with Gasteiger partial charge in [0, 0.05) is 13.0 Å². The van der Waals surface area contributed by atoms with Gasteiger partial charge in [0.15, 0.2) is 0 Å². The number of nitrogens with zero attached hydrogens (tertiary/aromatic N) is 3. The van der Waals surface area contributed by atoms with E-state index in [1.165, 1.54) is 12.5 Å². The lowest BCUT2D eigenvalue weighted by Gasteiger charge is -2.02. The van der Waals surface area contributed by atoms with Crippen LogP contribution in [0.4, 0.5) is 5.69 Å². The number of nitrogen functional groups attached to an aromatic ring is 1. The molecule has 0 spiro atoms. The van der Waals surface area contributed by atoms with Crippen LogP contribution in [-0.4, -0.2) is 37.8 Å². The van der Waals surface area contributed by atoms with Gasteiger partial charge in [-0.2, -0.15) is 10.2 Å². The number of aromatic nitrogens is 5. The monoisotopic (exact) mass is 235 g/mol. The summed E-state index contributed by atoms with van der Waals surface area (Å²) in [6.07, 6.45) is 4.37. The molecule has 90 valence electrons. The number of carbonyl (C=O) groups is 1. The Labute approximate surface area is 97.0 Å². The van der Waals surface area contributed by atoms with E-state index < -0.39 is 0 Å². The van der Waals surface area contributed by atoms with Crippen LogP contribution in [0, 0.1) is 0 Å². The van der Waals surface area contributed by atoms with Crippen LogP contribution in [0.5, 0.6) is 0 Å². The van der Waals surface area contributed by atoms with E-state index in [0.29, 0.717) is 17.9 Å². The average molecular weight is 235 g/mol. The molecular formula is C9H13N7O. The lowest BCUT2D eigenvalue weighted by Crippen LogP contribution is -2.26. The molecule has 17 heavy (non-hydrogen) atoms. The van der Waals surface area contributed by atoms with Crippen LogP contribution in [0.3, 0.4) is 0 Å². The van der Waals surface area contributed by atoms with Gasteiger partial charge in [0.25, 0.3) is 5.91 Å². The molecular weight excluding hydrogens is 222 g/mol. The van der Waals surface area contributed by atoms with Crippen LogP contribution >= 0.6 is 0 Å². The Morgan fingerprint density at radius 2 is 2.29 bits per heavy atom.